The molecule has 0 heterocycles. The number of amides is 1. The van der Waals surface area contributed by atoms with Crippen LogP contribution >= 0.6 is 0 Å². The molecule has 3 heteroatoms. The molecule has 1 saturated carbocycles. The molecule has 0 aromatic carbocycles. The van der Waals surface area contributed by atoms with Crippen LogP contribution in [-0.2, 0) is 4.79 Å². The van der Waals surface area contributed by atoms with Gasteiger partial charge in [-0.15, -0.1) is 0 Å². The van der Waals surface area contributed by atoms with Crippen molar-refractivity contribution in [2.75, 3.05) is 13.1 Å². The van der Waals surface area contributed by atoms with Crippen molar-refractivity contribution in [2.45, 2.75) is 52.0 Å². The number of hydrogen-bond donors (Lipinski definition) is 2. The van der Waals surface area contributed by atoms with E-state index < -0.39 is 0 Å². The molecule has 1 unspecified atom stereocenters. The van der Waals surface area contributed by atoms with Crippen molar-refractivity contribution in [3.8, 4) is 0 Å². The van der Waals surface area contributed by atoms with E-state index in [9.17, 15) is 4.79 Å². The molecule has 0 aromatic rings. The van der Waals surface area contributed by atoms with Crippen LogP contribution in [0.15, 0.2) is 0 Å². The maximum absolute atomic E-state index is 11.4. The van der Waals surface area contributed by atoms with Crippen LogP contribution in [0.25, 0.3) is 0 Å². The summed E-state index contributed by atoms with van der Waals surface area (Å²) in [5.41, 5.74) is 0. The number of carbonyl (C=O) groups excluding carboxylic acids is 1. The molecule has 1 rings (SSSR count). The molecule has 88 valence electrons. The molecule has 0 saturated heterocycles. The van der Waals surface area contributed by atoms with Gasteiger partial charge >= 0.3 is 0 Å². The lowest BCUT2D eigenvalue weighted by atomic mass is 10.1. The second-order valence-corrected chi connectivity index (χ2v) is 4.68. The standard InChI is InChI=1S/C12H24N2O/c1-3-10(2)8-14-12(15)9-13-11-6-4-5-7-11/h10-11,13H,3-9H2,1-2H3,(H,14,15). The Labute approximate surface area is 93.0 Å². The Bertz CT molecular complexity index is 188. The first-order valence-electron chi connectivity index (χ1n) is 6.22. The van der Waals surface area contributed by atoms with Crippen LogP contribution in [0, 0.1) is 5.92 Å². The van der Waals surface area contributed by atoms with Crippen molar-refractivity contribution in [2.24, 2.45) is 5.92 Å². The fraction of sp³-hybridized carbons (Fsp3) is 0.917. The highest BCUT2D eigenvalue weighted by molar-refractivity contribution is 5.77. The maximum atomic E-state index is 11.4. The van der Waals surface area contributed by atoms with Gasteiger partial charge in [0.1, 0.15) is 0 Å². The summed E-state index contributed by atoms with van der Waals surface area (Å²) in [6, 6.07) is 0.583. The van der Waals surface area contributed by atoms with E-state index in [1.54, 1.807) is 0 Å². The average Bonchev–Trinajstić information content (AvgIpc) is 2.75. The van der Waals surface area contributed by atoms with Crippen LogP contribution in [0.5, 0.6) is 0 Å². The zero-order chi connectivity index (χ0) is 11.1. The third kappa shape index (κ3) is 5.17. The van der Waals surface area contributed by atoms with Crippen molar-refractivity contribution in [1.82, 2.24) is 10.6 Å². The summed E-state index contributed by atoms with van der Waals surface area (Å²) in [4.78, 5) is 11.4. The maximum Gasteiger partial charge on any atom is 0.233 e. The fourth-order valence-electron chi connectivity index (χ4n) is 1.86. The lowest BCUT2D eigenvalue weighted by Gasteiger charge is -2.13. The van der Waals surface area contributed by atoms with E-state index >= 15 is 0 Å². The minimum Gasteiger partial charge on any atom is -0.355 e. The molecule has 1 aliphatic carbocycles. The van der Waals surface area contributed by atoms with Crippen molar-refractivity contribution in [3.63, 3.8) is 0 Å². The molecular formula is C12H24N2O. The zero-order valence-corrected chi connectivity index (χ0v) is 10.0. The van der Waals surface area contributed by atoms with Crippen LogP contribution in [0.4, 0.5) is 0 Å². The first-order chi connectivity index (χ1) is 7.22. The normalized spacial score (nSPS) is 19.1. The van der Waals surface area contributed by atoms with Gasteiger partial charge in [-0.3, -0.25) is 4.79 Å². The number of carbonyl (C=O) groups is 1. The fourth-order valence-corrected chi connectivity index (χ4v) is 1.86. The Morgan fingerprint density at radius 2 is 2.07 bits per heavy atom. The molecular weight excluding hydrogens is 188 g/mol. The molecule has 1 atom stereocenters. The molecule has 1 fully saturated rings. The second kappa shape index (κ2) is 6.83. The van der Waals surface area contributed by atoms with E-state index in [0.717, 1.165) is 13.0 Å². The summed E-state index contributed by atoms with van der Waals surface area (Å²) in [7, 11) is 0. The average molecular weight is 212 g/mol. The smallest absolute Gasteiger partial charge is 0.233 e. The van der Waals surface area contributed by atoms with Crippen LogP contribution in [-0.4, -0.2) is 25.0 Å². The molecule has 1 amide bonds. The Morgan fingerprint density at radius 1 is 1.40 bits per heavy atom. The Balaban J connectivity index is 2.02. The van der Waals surface area contributed by atoms with Crippen molar-refractivity contribution < 1.29 is 4.79 Å². The summed E-state index contributed by atoms with van der Waals surface area (Å²) < 4.78 is 0. The highest BCUT2D eigenvalue weighted by atomic mass is 16.1. The molecule has 15 heavy (non-hydrogen) atoms. The third-order valence-electron chi connectivity index (χ3n) is 3.25. The van der Waals surface area contributed by atoms with Gasteiger partial charge in [0, 0.05) is 12.6 Å². The van der Waals surface area contributed by atoms with E-state index in [0.29, 0.717) is 18.5 Å². The van der Waals surface area contributed by atoms with Crippen molar-refractivity contribution in [1.29, 1.82) is 0 Å². The summed E-state index contributed by atoms with van der Waals surface area (Å²) in [5, 5.41) is 6.27. The number of hydrogen-bond acceptors (Lipinski definition) is 2. The first kappa shape index (κ1) is 12.5. The van der Waals surface area contributed by atoms with Crippen molar-refractivity contribution >= 4 is 5.91 Å². The lowest BCUT2D eigenvalue weighted by Crippen LogP contribution is -2.39. The lowest BCUT2D eigenvalue weighted by molar-refractivity contribution is -0.120. The molecule has 0 spiro atoms. The van der Waals surface area contributed by atoms with Gasteiger partial charge in [-0.05, 0) is 18.8 Å². The van der Waals surface area contributed by atoms with E-state index in [4.69, 9.17) is 0 Å². The summed E-state index contributed by atoms with van der Waals surface area (Å²) in [5.74, 6) is 0.725. The molecule has 3 nitrogen and oxygen atoms in total. The van der Waals surface area contributed by atoms with Crippen LogP contribution < -0.4 is 10.6 Å². The molecule has 0 radical (unpaired) electrons. The molecule has 0 aromatic heterocycles. The van der Waals surface area contributed by atoms with E-state index in [-0.39, 0.29) is 5.91 Å². The molecule has 0 bridgehead atoms. The molecule has 2 N–H and O–H groups in total. The van der Waals surface area contributed by atoms with Crippen molar-refractivity contribution in [3.05, 3.63) is 0 Å². The van der Waals surface area contributed by atoms with Gasteiger partial charge < -0.3 is 10.6 Å². The quantitative estimate of drug-likeness (QED) is 0.703. The number of nitrogens with one attached hydrogen (secondary N) is 2. The van der Waals surface area contributed by atoms with Gasteiger partial charge in [-0.1, -0.05) is 33.1 Å². The van der Waals surface area contributed by atoms with Gasteiger partial charge in [0.05, 0.1) is 6.54 Å². The second-order valence-electron chi connectivity index (χ2n) is 4.68. The zero-order valence-electron chi connectivity index (χ0n) is 10.0. The predicted molar refractivity (Wildman–Crippen MR) is 62.7 cm³/mol. The van der Waals surface area contributed by atoms with Gasteiger partial charge in [0.15, 0.2) is 0 Å². The number of rotatable bonds is 6. The largest absolute Gasteiger partial charge is 0.355 e. The van der Waals surface area contributed by atoms with Crippen LogP contribution in [0.1, 0.15) is 46.0 Å². The Morgan fingerprint density at radius 3 is 2.67 bits per heavy atom. The van der Waals surface area contributed by atoms with Crippen LogP contribution in [0.2, 0.25) is 0 Å². The Hall–Kier alpha value is -0.570. The summed E-state index contributed by atoms with van der Waals surface area (Å²) in [6.07, 6.45) is 6.21. The molecule has 0 aliphatic heterocycles. The summed E-state index contributed by atoms with van der Waals surface area (Å²) >= 11 is 0. The SMILES string of the molecule is CCC(C)CNC(=O)CNC1CCCC1. The van der Waals surface area contributed by atoms with Gasteiger partial charge in [0.2, 0.25) is 5.91 Å². The van der Waals surface area contributed by atoms with Gasteiger partial charge in [0.25, 0.3) is 0 Å². The third-order valence-corrected chi connectivity index (χ3v) is 3.25. The van der Waals surface area contributed by atoms with E-state index in [1.165, 1.54) is 25.7 Å². The minimum absolute atomic E-state index is 0.141. The van der Waals surface area contributed by atoms with Crippen LogP contribution in [0.3, 0.4) is 0 Å². The summed E-state index contributed by atoms with van der Waals surface area (Å²) in [6.45, 7) is 5.60. The molecule has 1 aliphatic rings. The topological polar surface area (TPSA) is 41.1 Å². The van der Waals surface area contributed by atoms with E-state index in [2.05, 4.69) is 24.5 Å². The highest BCUT2D eigenvalue weighted by Crippen LogP contribution is 2.17. The van der Waals surface area contributed by atoms with E-state index in [1.807, 2.05) is 0 Å². The highest BCUT2D eigenvalue weighted by Gasteiger charge is 2.15. The first-order valence-corrected chi connectivity index (χ1v) is 6.22. The van der Waals surface area contributed by atoms with Gasteiger partial charge in [-0.2, -0.15) is 0 Å². The van der Waals surface area contributed by atoms with Gasteiger partial charge in [-0.25, -0.2) is 0 Å². The minimum atomic E-state index is 0.141. The predicted octanol–water partition coefficient (Wildman–Crippen LogP) is 1.68. The Kier molecular flexibility index (Phi) is 5.69. The monoisotopic (exact) mass is 212 g/mol.